The van der Waals surface area contributed by atoms with Gasteiger partial charge in [-0.25, -0.2) is 4.98 Å². The van der Waals surface area contributed by atoms with Crippen molar-refractivity contribution in [3.05, 3.63) is 65.0 Å². The van der Waals surface area contributed by atoms with E-state index < -0.39 is 11.7 Å². The zero-order valence-corrected chi connectivity index (χ0v) is 18.5. The second-order valence-corrected chi connectivity index (χ2v) is 8.18. The second-order valence-electron chi connectivity index (χ2n) is 7.35. The fourth-order valence-electron chi connectivity index (χ4n) is 3.35. The predicted octanol–water partition coefficient (Wildman–Crippen LogP) is 4.54. The minimum Gasteiger partial charge on any atom is -0.497 e. The lowest BCUT2D eigenvalue weighted by molar-refractivity contribution is -0.137. The number of carbonyl (C=O) groups is 1. The average Bonchev–Trinajstić information content (AvgIpc) is 3.33. The zero-order chi connectivity index (χ0) is 23.4. The summed E-state index contributed by atoms with van der Waals surface area (Å²) in [6.07, 6.45) is -4.39. The van der Waals surface area contributed by atoms with Gasteiger partial charge in [-0.1, -0.05) is 5.92 Å². The van der Waals surface area contributed by atoms with Gasteiger partial charge in [-0.2, -0.15) is 13.2 Å². The predicted molar refractivity (Wildman–Crippen MR) is 121 cm³/mol. The normalized spacial score (nSPS) is 13.9. The molecule has 2 heterocycles. The monoisotopic (exact) mass is 471 g/mol. The number of hydrogen-bond acceptors (Lipinski definition) is 5. The molecule has 5 nitrogen and oxygen atoms in total. The third-order valence-corrected chi connectivity index (χ3v) is 6.14. The first kappa shape index (κ1) is 22.7. The number of hydrogen-bond donors (Lipinski definition) is 0. The molecule has 170 valence electrons. The van der Waals surface area contributed by atoms with Crippen molar-refractivity contribution in [3.8, 4) is 28.8 Å². The molecule has 9 heteroatoms. The van der Waals surface area contributed by atoms with Gasteiger partial charge in [0.25, 0.3) is 5.91 Å². The maximum absolute atomic E-state index is 12.6. The van der Waals surface area contributed by atoms with Crippen LogP contribution in [0.3, 0.4) is 0 Å². The molecule has 1 saturated heterocycles. The highest BCUT2D eigenvalue weighted by molar-refractivity contribution is 7.14. The lowest BCUT2D eigenvalue weighted by Gasteiger charge is -2.33. The van der Waals surface area contributed by atoms with E-state index in [1.54, 1.807) is 23.3 Å². The van der Waals surface area contributed by atoms with Crippen LogP contribution in [0, 0.1) is 11.8 Å². The van der Waals surface area contributed by atoms with Crippen LogP contribution in [0.25, 0.3) is 11.3 Å². The molecule has 0 radical (unpaired) electrons. The number of benzene rings is 2. The lowest BCUT2D eigenvalue weighted by Crippen LogP contribution is -2.48. The molecule has 0 saturated carbocycles. The van der Waals surface area contributed by atoms with Gasteiger partial charge in [-0.3, -0.25) is 4.79 Å². The van der Waals surface area contributed by atoms with Gasteiger partial charge in [0.05, 0.1) is 18.4 Å². The van der Waals surface area contributed by atoms with Crippen molar-refractivity contribution in [2.45, 2.75) is 6.18 Å². The molecule has 1 fully saturated rings. The van der Waals surface area contributed by atoms with E-state index in [1.165, 1.54) is 12.1 Å². The molecule has 1 aliphatic heterocycles. The van der Waals surface area contributed by atoms with Crippen LogP contribution in [0.2, 0.25) is 0 Å². The van der Waals surface area contributed by atoms with E-state index in [4.69, 9.17) is 9.72 Å². The number of carbonyl (C=O) groups excluding carboxylic acids is 1. The van der Waals surface area contributed by atoms with Crippen LogP contribution in [-0.4, -0.2) is 49.1 Å². The van der Waals surface area contributed by atoms with Gasteiger partial charge in [-0.05, 0) is 48.5 Å². The van der Waals surface area contributed by atoms with Crippen molar-refractivity contribution in [2.24, 2.45) is 0 Å². The van der Waals surface area contributed by atoms with Crippen molar-refractivity contribution in [3.63, 3.8) is 0 Å². The van der Waals surface area contributed by atoms with Crippen molar-refractivity contribution in [2.75, 3.05) is 38.2 Å². The highest BCUT2D eigenvalue weighted by Gasteiger charge is 2.29. The van der Waals surface area contributed by atoms with E-state index in [9.17, 15) is 18.0 Å². The lowest BCUT2D eigenvalue weighted by atomic mass is 10.1. The van der Waals surface area contributed by atoms with Crippen LogP contribution in [-0.2, 0) is 11.0 Å². The van der Waals surface area contributed by atoms with Gasteiger partial charge in [0, 0.05) is 48.6 Å². The topological polar surface area (TPSA) is 45.7 Å². The molecule has 33 heavy (non-hydrogen) atoms. The second kappa shape index (κ2) is 9.55. The van der Waals surface area contributed by atoms with Crippen LogP contribution in [0.1, 0.15) is 11.1 Å². The third-order valence-electron chi connectivity index (χ3n) is 5.24. The Bertz CT molecular complexity index is 1170. The fourth-order valence-corrected chi connectivity index (χ4v) is 4.24. The first-order valence-corrected chi connectivity index (χ1v) is 11.0. The highest BCUT2D eigenvalue weighted by Crippen LogP contribution is 2.30. The summed E-state index contributed by atoms with van der Waals surface area (Å²) in [5, 5.41) is 2.90. The van der Waals surface area contributed by atoms with Crippen molar-refractivity contribution < 1.29 is 22.7 Å². The summed E-state index contributed by atoms with van der Waals surface area (Å²) >= 11 is 1.55. The molecule has 1 amide bonds. The Morgan fingerprint density at radius 2 is 1.70 bits per heavy atom. The minimum absolute atomic E-state index is 0.340. The summed E-state index contributed by atoms with van der Waals surface area (Å²) in [6.45, 7) is 2.25. The first-order valence-electron chi connectivity index (χ1n) is 10.2. The Morgan fingerprint density at radius 3 is 2.30 bits per heavy atom. The number of thiazole rings is 1. The number of rotatable bonds is 3. The van der Waals surface area contributed by atoms with Crippen molar-refractivity contribution >= 4 is 22.4 Å². The SMILES string of the molecule is COc1ccc(-c2csc(N3CCN(C(=O)C#Cc4ccc(C(F)(F)F)cc4)CC3)n2)cc1. The number of alkyl halides is 3. The van der Waals surface area contributed by atoms with E-state index in [0.717, 1.165) is 34.3 Å². The quantitative estimate of drug-likeness (QED) is 0.527. The van der Waals surface area contributed by atoms with Crippen molar-refractivity contribution in [1.82, 2.24) is 9.88 Å². The van der Waals surface area contributed by atoms with Crippen LogP contribution in [0.5, 0.6) is 5.75 Å². The number of methoxy groups -OCH3 is 1. The Hall–Kier alpha value is -3.51. The number of ether oxygens (including phenoxy) is 1. The van der Waals surface area contributed by atoms with Gasteiger partial charge in [0.15, 0.2) is 5.13 Å². The van der Waals surface area contributed by atoms with E-state index in [2.05, 4.69) is 16.7 Å². The van der Waals surface area contributed by atoms with Gasteiger partial charge in [0.1, 0.15) is 5.75 Å². The standard InChI is InChI=1S/C24H20F3N3O2S/c1-32-20-9-5-18(6-10-20)21-16-33-23(28-21)30-14-12-29(13-15-30)22(31)11-4-17-2-7-19(8-3-17)24(25,26)27/h2-3,5-10,16H,12-15H2,1H3. The summed E-state index contributed by atoms with van der Waals surface area (Å²) in [5.74, 6) is 5.63. The van der Waals surface area contributed by atoms with Crippen LogP contribution < -0.4 is 9.64 Å². The Morgan fingerprint density at radius 1 is 1.03 bits per heavy atom. The molecule has 0 spiro atoms. The molecule has 0 aliphatic carbocycles. The van der Waals surface area contributed by atoms with Crippen LogP contribution in [0.15, 0.2) is 53.9 Å². The van der Waals surface area contributed by atoms with E-state index >= 15 is 0 Å². The molecule has 0 atom stereocenters. The summed E-state index contributed by atoms with van der Waals surface area (Å²) in [6, 6.07) is 12.2. The first-order chi connectivity index (χ1) is 15.8. The Labute approximate surface area is 193 Å². The van der Waals surface area contributed by atoms with Crippen LogP contribution in [0.4, 0.5) is 18.3 Å². The minimum atomic E-state index is -4.39. The van der Waals surface area contributed by atoms with E-state index in [0.29, 0.717) is 31.7 Å². The molecule has 0 unspecified atom stereocenters. The number of nitrogens with zero attached hydrogens (tertiary/aromatic N) is 3. The zero-order valence-electron chi connectivity index (χ0n) is 17.7. The number of amides is 1. The molecule has 4 rings (SSSR count). The number of halogens is 3. The maximum atomic E-state index is 12.6. The smallest absolute Gasteiger partial charge is 0.416 e. The Balaban J connectivity index is 1.33. The Kier molecular flexibility index (Phi) is 6.56. The largest absolute Gasteiger partial charge is 0.497 e. The molecule has 1 aliphatic rings. The average molecular weight is 472 g/mol. The molecule has 0 N–H and O–H groups in total. The summed E-state index contributed by atoms with van der Waals surface area (Å²) in [5.41, 5.74) is 1.51. The van der Waals surface area contributed by atoms with Crippen molar-refractivity contribution in [1.29, 1.82) is 0 Å². The van der Waals surface area contributed by atoms with Gasteiger partial charge < -0.3 is 14.5 Å². The number of piperazine rings is 1. The van der Waals surface area contributed by atoms with Gasteiger partial charge in [-0.15, -0.1) is 11.3 Å². The van der Waals surface area contributed by atoms with E-state index in [-0.39, 0.29) is 5.91 Å². The molecular weight excluding hydrogens is 451 g/mol. The van der Waals surface area contributed by atoms with Gasteiger partial charge >= 0.3 is 6.18 Å². The fraction of sp³-hybridized carbons (Fsp3) is 0.250. The third kappa shape index (κ3) is 5.46. The highest BCUT2D eigenvalue weighted by atomic mass is 32.1. The van der Waals surface area contributed by atoms with Crippen LogP contribution >= 0.6 is 11.3 Å². The number of anilines is 1. The van der Waals surface area contributed by atoms with Gasteiger partial charge in [0.2, 0.25) is 0 Å². The van der Waals surface area contributed by atoms with E-state index in [1.807, 2.05) is 29.6 Å². The molecular formula is C24H20F3N3O2S. The molecule has 0 bridgehead atoms. The summed E-state index contributed by atoms with van der Waals surface area (Å²) < 4.78 is 43.1. The maximum Gasteiger partial charge on any atom is 0.416 e. The number of aromatic nitrogens is 1. The summed E-state index contributed by atoms with van der Waals surface area (Å²) in [7, 11) is 1.63. The molecule has 1 aromatic heterocycles. The summed E-state index contributed by atoms with van der Waals surface area (Å²) in [4.78, 5) is 20.9. The molecule has 3 aromatic rings. The molecule has 2 aromatic carbocycles.